The molecule has 5 rings (SSSR count). The number of carbonyl (C=O) groups is 2. The van der Waals surface area contributed by atoms with E-state index in [2.05, 4.69) is 33.0 Å². The van der Waals surface area contributed by atoms with E-state index in [0.29, 0.717) is 28.1 Å². The fourth-order valence-electron chi connectivity index (χ4n) is 4.42. The number of nitrogens with one attached hydrogen (secondary N) is 3. The highest BCUT2D eigenvalue weighted by molar-refractivity contribution is 6.37. The van der Waals surface area contributed by atoms with E-state index >= 15 is 0 Å². The maximum atomic E-state index is 13.1. The molecule has 2 aliphatic heterocycles. The molecule has 3 N–H and O–H groups in total. The second-order valence-corrected chi connectivity index (χ2v) is 8.93. The third-order valence-corrected chi connectivity index (χ3v) is 6.44. The Hall–Kier alpha value is -4.14. The van der Waals surface area contributed by atoms with Gasteiger partial charge in [0.15, 0.2) is 0 Å². The molecule has 0 spiro atoms. The van der Waals surface area contributed by atoms with Crippen LogP contribution in [0.3, 0.4) is 0 Å². The number of nitrogens with zero attached hydrogens (tertiary/aromatic N) is 2. The number of carbonyl (C=O) groups excluding carboxylic acids is 2. The number of likely N-dealkylation sites (N-methyl/N-ethyl adjacent to an activating group) is 1. The van der Waals surface area contributed by atoms with Gasteiger partial charge in [-0.2, -0.15) is 0 Å². The van der Waals surface area contributed by atoms with E-state index in [-0.39, 0.29) is 5.91 Å². The number of benzene rings is 3. The molecule has 2 aliphatic rings. The van der Waals surface area contributed by atoms with Crippen LogP contribution in [0.2, 0.25) is 0 Å². The summed E-state index contributed by atoms with van der Waals surface area (Å²) in [6.45, 7) is 3.98. The second-order valence-electron chi connectivity index (χ2n) is 8.93. The molecule has 0 aliphatic carbocycles. The zero-order chi connectivity index (χ0) is 25.1. The van der Waals surface area contributed by atoms with Gasteiger partial charge in [0.2, 0.25) is 0 Å². The smallest absolute Gasteiger partial charge is 0.337 e. The van der Waals surface area contributed by atoms with E-state index in [9.17, 15) is 9.59 Å². The van der Waals surface area contributed by atoms with Crippen LogP contribution >= 0.6 is 0 Å². The van der Waals surface area contributed by atoms with Crippen molar-refractivity contribution in [2.45, 2.75) is 0 Å². The van der Waals surface area contributed by atoms with Crippen molar-refractivity contribution in [2.24, 2.45) is 0 Å². The van der Waals surface area contributed by atoms with Crippen molar-refractivity contribution in [2.75, 3.05) is 56.4 Å². The van der Waals surface area contributed by atoms with Gasteiger partial charge in [-0.3, -0.25) is 4.79 Å². The Labute approximate surface area is 210 Å². The average Bonchev–Trinajstić information content (AvgIpc) is 3.24. The molecule has 1 saturated heterocycles. The fraction of sp³-hybridized carbons (Fsp3) is 0.214. The number of hydrogen-bond donors (Lipinski definition) is 3. The normalized spacial score (nSPS) is 17.2. The third-order valence-electron chi connectivity index (χ3n) is 6.44. The molecule has 1 amide bonds. The van der Waals surface area contributed by atoms with Crippen LogP contribution in [0.25, 0.3) is 11.3 Å². The van der Waals surface area contributed by atoms with Crippen LogP contribution in [0.5, 0.6) is 0 Å². The third kappa shape index (κ3) is 4.95. The first-order chi connectivity index (χ1) is 17.5. The van der Waals surface area contributed by atoms with Gasteiger partial charge in [-0.25, -0.2) is 9.80 Å². The maximum Gasteiger partial charge on any atom is 0.337 e. The summed E-state index contributed by atoms with van der Waals surface area (Å²) in [7, 11) is 3.48. The Morgan fingerprint density at radius 3 is 2.28 bits per heavy atom. The minimum absolute atomic E-state index is 0.230. The molecule has 1 fully saturated rings. The van der Waals surface area contributed by atoms with E-state index in [0.717, 1.165) is 43.1 Å². The van der Waals surface area contributed by atoms with Crippen LogP contribution in [-0.4, -0.2) is 62.1 Å². The molecule has 36 heavy (non-hydrogen) atoms. The standard InChI is InChI=1S/C28H29N5O3/c1-32-14-16-33(17-15-32)31-22-11-9-21(10-12-22)29-26(19-6-4-3-5-7-19)25-23-18-20(28(35)36-2)8-13-24(23)30-27(25)34/h3-13,18,29,31H,14-17H2,1-2H3,(H,30,34)/b26-25-. The van der Waals surface area contributed by atoms with Gasteiger partial charge in [-0.15, -0.1) is 0 Å². The molecule has 184 valence electrons. The summed E-state index contributed by atoms with van der Waals surface area (Å²) in [6.07, 6.45) is 0. The molecule has 0 bridgehead atoms. The second kappa shape index (κ2) is 10.2. The SMILES string of the molecule is COC(=O)c1ccc2c(c1)/C(=C(/Nc1ccc(NN3CCN(C)CC3)cc1)c1ccccc1)C(=O)N2. The Morgan fingerprint density at radius 2 is 1.58 bits per heavy atom. The molecule has 0 unspecified atom stereocenters. The van der Waals surface area contributed by atoms with Crippen LogP contribution in [0.4, 0.5) is 17.1 Å². The quantitative estimate of drug-likeness (QED) is 0.361. The summed E-state index contributed by atoms with van der Waals surface area (Å²) in [4.78, 5) is 27.6. The van der Waals surface area contributed by atoms with Crippen LogP contribution in [0.15, 0.2) is 72.8 Å². The van der Waals surface area contributed by atoms with Gasteiger partial charge < -0.3 is 25.7 Å². The summed E-state index contributed by atoms with van der Waals surface area (Å²) in [5, 5.41) is 8.60. The molecular formula is C28H29N5O3. The van der Waals surface area contributed by atoms with Gasteiger partial charge in [-0.05, 0) is 55.1 Å². The fourth-order valence-corrected chi connectivity index (χ4v) is 4.42. The molecule has 3 aromatic rings. The number of anilines is 3. The minimum atomic E-state index is -0.450. The number of esters is 1. The number of fused-ring (bicyclic) bond motifs is 1. The van der Waals surface area contributed by atoms with Crippen LogP contribution in [-0.2, 0) is 9.53 Å². The highest BCUT2D eigenvalue weighted by Gasteiger charge is 2.29. The number of hydrazine groups is 1. The highest BCUT2D eigenvalue weighted by Crippen LogP contribution is 2.38. The predicted octanol–water partition coefficient (Wildman–Crippen LogP) is 3.98. The predicted molar refractivity (Wildman–Crippen MR) is 142 cm³/mol. The lowest BCUT2D eigenvalue weighted by molar-refractivity contribution is -0.110. The van der Waals surface area contributed by atoms with E-state index in [1.54, 1.807) is 18.2 Å². The van der Waals surface area contributed by atoms with Crippen LogP contribution in [0.1, 0.15) is 21.5 Å². The molecule has 2 heterocycles. The minimum Gasteiger partial charge on any atom is -0.465 e. The molecule has 8 heteroatoms. The lowest BCUT2D eigenvalue weighted by Gasteiger charge is -2.33. The van der Waals surface area contributed by atoms with Crippen molar-refractivity contribution in [3.05, 3.63) is 89.5 Å². The molecular weight excluding hydrogens is 454 g/mol. The van der Waals surface area contributed by atoms with Crippen LogP contribution in [0, 0.1) is 0 Å². The Balaban J connectivity index is 1.47. The number of rotatable bonds is 6. The van der Waals surface area contributed by atoms with Crippen molar-refractivity contribution < 1.29 is 14.3 Å². The van der Waals surface area contributed by atoms with Crippen molar-refractivity contribution >= 4 is 40.2 Å². The van der Waals surface area contributed by atoms with Gasteiger partial charge in [0.05, 0.1) is 23.9 Å². The number of amides is 1. The van der Waals surface area contributed by atoms with Gasteiger partial charge >= 0.3 is 5.97 Å². The molecule has 8 nitrogen and oxygen atoms in total. The summed E-state index contributed by atoms with van der Waals surface area (Å²) in [5.74, 6) is -0.680. The van der Waals surface area contributed by atoms with E-state index in [1.807, 2.05) is 54.6 Å². The molecule has 0 saturated carbocycles. The van der Waals surface area contributed by atoms with Crippen LogP contribution < -0.4 is 16.1 Å². The van der Waals surface area contributed by atoms with E-state index in [1.165, 1.54) is 7.11 Å². The van der Waals surface area contributed by atoms with Crippen molar-refractivity contribution in [3.8, 4) is 0 Å². The summed E-state index contributed by atoms with van der Waals surface area (Å²) in [5.41, 5.74) is 9.01. The number of ether oxygens (including phenoxy) is 1. The van der Waals surface area contributed by atoms with Gasteiger partial charge in [0.1, 0.15) is 0 Å². The molecule has 0 radical (unpaired) electrons. The first-order valence-electron chi connectivity index (χ1n) is 11.9. The zero-order valence-electron chi connectivity index (χ0n) is 20.4. The highest BCUT2D eigenvalue weighted by atomic mass is 16.5. The van der Waals surface area contributed by atoms with E-state index < -0.39 is 5.97 Å². The monoisotopic (exact) mass is 483 g/mol. The van der Waals surface area contributed by atoms with Crippen molar-refractivity contribution in [1.82, 2.24) is 9.91 Å². The molecule has 0 aromatic heterocycles. The Morgan fingerprint density at radius 1 is 0.889 bits per heavy atom. The number of piperazine rings is 1. The summed E-state index contributed by atoms with van der Waals surface area (Å²) < 4.78 is 4.88. The Kier molecular flexibility index (Phi) is 6.71. The zero-order valence-corrected chi connectivity index (χ0v) is 20.4. The summed E-state index contributed by atoms with van der Waals surface area (Å²) in [6, 6.07) is 22.8. The maximum absolute atomic E-state index is 13.1. The lowest BCUT2D eigenvalue weighted by atomic mass is 9.98. The topological polar surface area (TPSA) is 85.9 Å². The lowest BCUT2D eigenvalue weighted by Crippen LogP contribution is -2.46. The molecule has 3 aromatic carbocycles. The first kappa shape index (κ1) is 23.6. The Bertz CT molecular complexity index is 1300. The summed E-state index contributed by atoms with van der Waals surface area (Å²) >= 11 is 0. The first-order valence-corrected chi connectivity index (χ1v) is 11.9. The van der Waals surface area contributed by atoms with Gasteiger partial charge in [-0.1, -0.05) is 30.3 Å². The van der Waals surface area contributed by atoms with Crippen molar-refractivity contribution in [3.63, 3.8) is 0 Å². The molecule has 0 atom stereocenters. The van der Waals surface area contributed by atoms with Gasteiger partial charge in [0, 0.05) is 48.8 Å². The average molecular weight is 484 g/mol. The number of hydrogen-bond acceptors (Lipinski definition) is 7. The van der Waals surface area contributed by atoms with Crippen molar-refractivity contribution in [1.29, 1.82) is 0 Å². The number of methoxy groups -OCH3 is 1. The van der Waals surface area contributed by atoms with Gasteiger partial charge in [0.25, 0.3) is 5.91 Å². The van der Waals surface area contributed by atoms with E-state index in [4.69, 9.17) is 4.74 Å². The largest absolute Gasteiger partial charge is 0.465 e.